The number of hydrogen-bond acceptors (Lipinski definition) is 3. The molecule has 1 heterocycles. The Kier molecular flexibility index (Phi) is 28.8. The van der Waals surface area contributed by atoms with Crippen LogP contribution in [0.4, 0.5) is 0 Å². The van der Waals surface area contributed by atoms with Crippen LogP contribution in [0.3, 0.4) is 0 Å². The summed E-state index contributed by atoms with van der Waals surface area (Å²) in [6.45, 7) is 27.9. The molecule has 0 amide bonds. The quantitative estimate of drug-likeness (QED) is 0.404. The molecule has 3 heteroatoms. The van der Waals surface area contributed by atoms with Gasteiger partial charge in [-0.1, -0.05) is 78.2 Å². The minimum absolute atomic E-state index is 0. The first kappa shape index (κ1) is 45.4. The molecule has 0 radical (unpaired) electrons. The summed E-state index contributed by atoms with van der Waals surface area (Å²) in [6.07, 6.45) is 3.92. The van der Waals surface area contributed by atoms with Crippen molar-refractivity contribution in [2.24, 2.45) is 16.7 Å². The average molecular weight is 464 g/mol. The van der Waals surface area contributed by atoms with Gasteiger partial charge in [0.1, 0.15) is 0 Å². The number of hydrogen-bond donors (Lipinski definition) is 0. The van der Waals surface area contributed by atoms with Gasteiger partial charge in [-0.3, -0.25) is 4.90 Å². The van der Waals surface area contributed by atoms with Gasteiger partial charge in [0.15, 0.2) is 0 Å². The van der Waals surface area contributed by atoms with E-state index in [0.717, 1.165) is 5.92 Å². The van der Waals surface area contributed by atoms with E-state index in [4.69, 9.17) is 0 Å². The van der Waals surface area contributed by atoms with Crippen molar-refractivity contribution in [1.29, 1.82) is 0 Å². The van der Waals surface area contributed by atoms with Gasteiger partial charge in [0.25, 0.3) is 0 Å². The van der Waals surface area contributed by atoms with E-state index in [9.17, 15) is 0 Å². The molecule has 0 spiro atoms. The lowest BCUT2D eigenvalue weighted by Gasteiger charge is -2.46. The standard InChI is InChI=1S/C9H21N.C8H17N.C8H19N.4CH4/c1-9(2,3)7-6-8-10(4)5;1-7-5-9(6-7)8(2,3)4;1-8(2,3)6-7-9(4)5;;;;/h6-8H2,1-5H3;7H,5-6H2,1-4H3;6-7H2,1-5H3;4*1H4. The molecule has 204 valence electrons. The van der Waals surface area contributed by atoms with Gasteiger partial charge in [0.2, 0.25) is 0 Å². The van der Waals surface area contributed by atoms with Gasteiger partial charge in [-0.25, -0.2) is 0 Å². The second kappa shape index (κ2) is 20.3. The predicted octanol–water partition coefficient (Wildman–Crippen LogP) is 8.64. The highest BCUT2D eigenvalue weighted by Gasteiger charge is 2.31. The average Bonchev–Trinajstić information content (AvgIpc) is 2.39. The molecule has 32 heavy (non-hydrogen) atoms. The number of nitrogens with zero attached hydrogens (tertiary/aromatic N) is 3. The Morgan fingerprint density at radius 2 is 0.969 bits per heavy atom. The molecule has 0 atom stereocenters. The van der Waals surface area contributed by atoms with Gasteiger partial charge in [0, 0.05) is 18.6 Å². The fraction of sp³-hybridized carbons (Fsp3) is 1.00. The molecule has 1 aliphatic heterocycles. The van der Waals surface area contributed by atoms with Gasteiger partial charge in [-0.15, -0.1) is 0 Å². The smallest absolute Gasteiger partial charge is 0.0125 e. The summed E-state index contributed by atoms with van der Waals surface area (Å²) in [4.78, 5) is 6.98. The molecular formula is C29H73N3. The van der Waals surface area contributed by atoms with Crippen LogP contribution in [0.15, 0.2) is 0 Å². The van der Waals surface area contributed by atoms with E-state index in [1.54, 1.807) is 0 Å². The van der Waals surface area contributed by atoms with Crippen molar-refractivity contribution < 1.29 is 0 Å². The first-order chi connectivity index (χ1) is 12.3. The lowest BCUT2D eigenvalue weighted by molar-refractivity contribution is 0.0224. The maximum absolute atomic E-state index is 2.51. The fourth-order valence-electron chi connectivity index (χ4n) is 2.73. The van der Waals surface area contributed by atoms with Gasteiger partial charge >= 0.3 is 0 Å². The van der Waals surface area contributed by atoms with Crippen LogP contribution in [-0.4, -0.2) is 74.6 Å². The second-order valence-corrected chi connectivity index (χ2v) is 12.8. The Labute approximate surface area is 209 Å². The van der Waals surface area contributed by atoms with Crippen molar-refractivity contribution in [3.63, 3.8) is 0 Å². The topological polar surface area (TPSA) is 9.72 Å². The van der Waals surface area contributed by atoms with Crippen LogP contribution >= 0.6 is 0 Å². The zero-order valence-electron chi connectivity index (χ0n) is 22.4. The highest BCUT2D eigenvalue weighted by Crippen LogP contribution is 2.24. The van der Waals surface area contributed by atoms with Crippen LogP contribution in [0, 0.1) is 16.7 Å². The number of rotatable bonds is 5. The molecule has 1 fully saturated rings. The minimum atomic E-state index is 0. The molecular weight excluding hydrogens is 390 g/mol. The second-order valence-electron chi connectivity index (χ2n) is 12.8. The van der Waals surface area contributed by atoms with Gasteiger partial charge in [-0.05, 0) is 98.1 Å². The van der Waals surface area contributed by atoms with Gasteiger partial charge in [0.05, 0.1) is 0 Å². The van der Waals surface area contributed by atoms with Gasteiger partial charge in [-0.2, -0.15) is 0 Å². The van der Waals surface area contributed by atoms with E-state index in [1.807, 2.05) is 0 Å². The predicted molar refractivity (Wildman–Crippen MR) is 157 cm³/mol. The summed E-state index contributed by atoms with van der Waals surface area (Å²) in [5.41, 5.74) is 1.41. The highest BCUT2D eigenvalue weighted by atomic mass is 15.2. The van der Waals surface area contributed by atoms with Crippen LogP contribution in [0.1, 0.15) is 118 Å². The van der Waals surface area contributed by atoms with Crippen LogP contribution < -0.4 is 0 Å². The summed E-state index contributed by atoms with van der Waals surface area (Å²) in [6, 6.07) is 0. The third-order valence-electron chi connectivity index (χ3n) is 4.85. The molecule has 0 bridgehead atoms. The Morgan fingerprint density at radius 3 is 1.12 bits per heavy atom. The summed E-state index contributed by atoms with van der Waals surface area (Å²) in [5.74, 6) is 0.934. The largest absolute Gasteiger partial charge is 0.309 e. The Balaban J connectivity index is -0.0000000746. The lowest BCUT2D eigenvalue weighted by Crippen LogP contribution is -2.54. The Bertz CT molecular complexity index is 357. The molecule has 3 nitrogen and oxygen atoms in total. The molecule has 0 aromatic carbocycles. The SMILES string of the molecule is C.C.C.C.CC1CN(C(C)(C)C)C1.CN(C)CCC(C)(C)C.CN(C)CCCC(C)(C)C. The van der Waals surface area contributed by atoms with Crippen LogP contribution in [0.25, 0.3) is 0 Å². The molecule has 0 aliphatic carbocycles. The molecule has 1 rings (SSSR count). The maximum atomic E-state index is 2.51. The van der Waals surface area contributed by atoms with Crippen LogP contribution in [0.5, 0.6) is 0 Å². The van der Waals surface area contributed by atoms with Crippen molar-refractivity contribution in [2.45, 2.75) is 124 Å². The fourth-order valence-corrected chi connectivity index (χ4v) is 2.73. The summed E-state index contributed by atoms with van der Waals surface area (Å²) < 4.78 is 0. The van der Waals surface area contributed by atoms with Crippen LogP contribution in [0.2, 0.25) is 0 Å². The third-order valence-corrected chi connectivity index (χ3v) is 4.85. The maximum Gasteiger partial charge on any atom is 0.0125 e. The highest BCUT2D eigenvalue weighted by molar-refractivity contribution is 4.86. The summed E-state index contributed by atoms with van der Waals surface area (Å²) >= 11 is 0. The molecule has 0 N–H and O–H groups in total. The Hall–Kier alpha value is -0.120. The molecule has 1 aliphatic rings. The Morgan fingerprint density at radius 1 is 0.625 bits per heavy atom. The van der Waals surface area contributed by atoms with E-state index in [1.165, 1.54) is 45.4 Å². The number of likely N-dealkylation sites (tertiary alicyclic amines) is 1. The zero-order chi connectivity index (χ0) is 22.8. The molecule has 0 saturated carbocycles. The van der Waals surface area contributed by atoms with Crippen molar-refractivity contribution in [3.8, 4) is 0 Å². The van der Waals surface area contributed by atoms with Crippen molar-refractivity contribution in [3.05, 3.63) is 0 Å². The van der Waals surface area contributed by atoms with E-state index in [0.29, 0.717) is 16.4 Å². The molecule has 0 aromatic rings. The zero-order valence-corrected chi connectivity index (χ0v) is 22.4. The third kappa shape index (κ3) is 34.5. The van der Waals surface area contributed by atoms with E-state index in [2.05, 4.69) is 112 Å². The summed E-state index contributed by atoms with van der Waals surface area (Å²) in [5, 5.41) is 0. The molecule has 0 aromatic heterocycles. The minimum Gasteiger partial charge on any atom is -0.309 e. The van der Waals surface area contributed by atoms with Crippen molar-refractivity contribution >= 4 is 0 Å². The van der Waals surface area contributed by atoms with Crippen molar-refractivity contribution in [1.82, 2.24) is 14.7 Å². The van der Waals surface area contributed by atoms with Crippen LogP contribution in [-0.2, 0) is 0 Å². The van der Waals surface area contributed by atoms with Gasteiger partial charge < -0.3 is 9.80 Å². The first-order valence-electron chi connectivity index (χ1n) is 11.4. The van der Waals surface area contributed by atoms with E-state index >= 15 is 0 Å². The van der Waals surface area contributed by atoms with Crippen molar-refractivity contribution in [2.75, 3.05) is 54.4 Å². The van der Waals surface area contributed by atoms with E-state index < -0.39 is 0 Å². The normalized spacial score (nSPS) is 14.2. The first-order valence-corrected chi connectivity index (χ1v) is 11.4. The molecule has 1 saturated heterocycles. The molecule has 0 unspecified atom stereocenters. The monoisotopic (exact) mass is 464 g/mol. The van der Waals surface area contributed by atoms with E-state index in [-0.39, 0.29) is 29.7 Å². The summed E-state index contributed by atoms with van der Waals surface area (Å²) in [7, 11) is 8.49. The lowest BCUT2D eigenvalue weighted by atomic mass is 9.90.